The average molecular weight is 277 g/mol. The van der Waals surface area contributed by atoms with Gasteiger partial charge < -0.3 is 15.6 Å². The first kappa shape index (κ1) is 13.0. The zero-order valence-electron chi connectivity index (χ0n) is 11.7. The summed E-state index contributed by atoms with van der Waals surface area (Å²) in [6.07, 6.45) is 0. The molecule has 0 radical (unpaired) electrons. The monoisotopic (exact) mass is 277 g/mol. The molecule has 104 valence electrons. The summed E-state index contributed by atoms with van der Waals surface area (Å²) in [4.78, 5) is 9.86. The van der Waals surface area contributed by atoms with Crippen LogP contribution >= 0.6 is 0 Å². The van der Waals surface area contributed by atoms with Gasteiger partial charge >= 0.3 is 0 Å². The normalized spacial score (nSPS) is 10.5. The van der Waals surface area contributed by atoms with Crippen LogP contribution in [0.2, 0.25) is 0 Å². The molecule has 0 aliphatic heterocycles. The number of nitrogens with zero attached hydrogens (tertiary/aromatic N) is 3. The third kappa shape index (κ3) is 2.65. The summed E-state index contributed by atoms with van der Waals surface area (Å²) < 4.78 is 0. The van der Waals surface area contributed by atoms with Crippen molar-refractivity contribution in [1.82, 2.24) is 9.97 Å². The van der Waals surface area contributed by atoms with Crippen molar-refractivity contribution in [3.8, 4) is 6.07 Å². The summed E-state index contributed by atoms with van der Waals surface area (Å²) in [5, 5.41) is 8.96. The maximum absolute atomic E-state index is 8.96. The molecule has 3 aromatic rings. The summed E-state index contributed by atoms with van der Waals surface area (Å²) in [7, 11) is 1.97. The van der Waals surface area contributed by atoms with Crippen molar-refractivity contribution in [3.05, 3.63) is 53.9 Å². The molecule has 1 heterocycles. The van der Waals surface area contributed by atoms with E-state index in [1.165, 1.54) is 0 Å². The minimum Gasteiger partial charge on any atom is -0.399 e. The maximum Gasteiger partial charge on any atom is 0.126 e. The number of nitrogens with one attached hydrogen (secondary N) is 1. The second-order valence-electron chi connectivity index (χ2n) is 4.98. The highest BCUT2D eigenvalue weighted by molar-refractivity contribution is 5.78. The Morgan fingerprint density at radius 1 is 1.29 bits per heavy atom. The Labute approximate surface area is 122 Å². The van der Waals surface area contributed by atoms with Crippen LogP contribution in [0.3, 0.4) is 0 Å². The van der Waals surface area contributed by atoms with Gasteiger partial charge in [0.25, 0.3) is 0 Å². The molecule has 2 aromatic carbocycles. The van der Waals surface area contributed by atoms with Crippen LogP contribution in [0.15, 0.2) is 42.5 Å². The van der Waals surface area contributed by atoms with E-state index in [1.807, 2.05) is 48.3 Å². The summed E-state index contributed by atoms with van der Waals surface area (Å²) >= 11 is 0. The molecule has 3 N–H and O–H groups in total. The third-order valence-corrected chi connectivity index (χ3v) is 3.36. The number of aromatic amines is 1. The predicted octanol–water partition coefficient (Wildman–Crippen LogP) is 2.65. The van der Waals surface area contributed by atoms with Crippen molar-refractivity contribution in [2.45, 2.75) is 6.54 Å². The molecule has 0 fully saturated rings. The van der Waals surface area contributed by atoms with Crippen molar-refractivity contribution >= 4 is 22.4 Å². The van der Waals surface area contributed by atoms with Gasteiger partial charge in [0.05, 0.1) is 29.2 Å². The van der Waals surface area contributed by atoms with Crippen molar-refractivity contribution in [2.24, 2.45) is 0 Å². The topological polar surface area (TPSA) is 81.7 Å². The second-order valence-corrected chi connectivity index (χ2v) is 4.98. The predicted molar refractivity (Wildman–Crippen MR) is 83.8 cm³/mol. The number of anilines is 2. The van der Waals surface area contributed by atoms with E-state index >= 15 is 0 Å². The molecule has 0 atom stereocenters. The summed E-state index contributed by atoms with van der Waals surface area (Å²) in [5.41, 5.74) is 9.95. The molecule has 5 nitrogen and oxygen atoms in total. The molecule has 0 saturated heterocycles. The van der Waals surface area contributed by atoms with E-state index in [0.717, 1.165) is 22.5 Å². The van der Waals surface area contributed by atoms with E-state index in [2.05, 4.69) is 16.0 Å². The van der Waals surface area contributed by atoms with Crippen LogP contribution in [0, 0.1) is 11.3 Å². The Morgan fingerprint density at radius 2 is 2.14 bits per heavy atom. The van der Waals surface area contributed by atoms with Crippen LogP contribution in [-0.4, -0.2) is 17.0 Å². The van der Waals surface area contributed by atoms with Crippen molar-refractivity contribution < 1.29 is 0 Å². The summed E-state index contributed by atoms with van der Waals surface area (Å²) in [6, 6.07) is 15.3. The Morgan fingerprint density at radius 3 is 2.95 bits per heavy atom. The van der Waals surface area contributed by atoms with Crippen LogP contribution in [-0.2, 0) is 6.54 Å². The molecule has 0 spiro atoms. The number of rotatable bonds is 3. The number of benzene rings is 2. The van der Waals surface area contributed by atoms with Crippen LogP contribution in [0.4, 0.5) is 11.4 Å². The van der Waals surface area contributed by atoms with Crippen molar-refractivity contribution in [1.29, 1.82) is 5.26 Å². The molecule has 0 bridgehead atoms. The molecule has 0 unspecified atom stereocenters. The lowest BCUT2D eigenvalue weighted by Crippen LogP contribution is -2.17. The first-order valence-electron chi connectivity index (χ1n) is 6.61. The van der Waals surface area contributed by atoms with Crippen LogP contribution in [0.1, 0.15) is 11.4 Å². The molecular formula is C16H15N5. The quantitative estimate of drug-likeness (QED) is 0.721. The molecule has 0 aliphatic rings. The molecule has 0 saturated carbocycles. The highest BCUT2D eigenvalue weighted by atomic mass is 15.1. The van der Waals surface area contributed by atoms with Crippen molar-refractivity contribution in [2.75, 3.05) is 17.7 Å². The zero-order valence-corrected chi connectivity index (χ0v) is 11.7. The number of aromatic nitrogens is 2. The number of H-pyrrole nitrogens is 1. The van der Waals surface area contributed by atoms with E-state index in [0.29, 0.717) is 17.8 Å². The Bertz CT molecular complexity index is 828. The maximum atomic E-state index is 8.96. The SMILES string of the molecule is CN(Cc1nc2ccc(N)cc2[nH]1)c1cccc(C#N)c1. The summed E-state index contributed by atoms with van der Waals surface area (Å²) in [6.45, 7) is 0.628. The van der Waals surface area contributed by atoms with Gasteiger partial charge in [0.15, 0.2) is 0 Å². The highest BCUT2D eigenvalue weighted by Crippen LogP contribution is 2.19. The molecule has 1 aromatic heterocycles. The van der Waals surface area contributed by atoms with Gasteiger partial charge in [-0.3, -0.25) is 0 Å². The van der Waals surface area contributed by atoms with Gasteiger partial charge in [-0.15, -0.1) is 0 Å². The van der Waals surface area contributed by atoms with E-state index in [9.17, 15) is 0 Å². The number of hydrogen-bond acceptors (Lipinski definition) is 4. The van der Waals surface area contributed by atoms with E-state index in [1.54, 1.807) is 6.07 Å². The van der Waals surface area contributed by atoms with E-state index < -0.39 is 0 Å². The zero-order chi connectivity index (χ0) is 14.8. The Balaban J connectivity index is 1.85. The fraction of sp³-hybridized carbons (Fsp3) is 0.125. The second kappa shape index (κ2) is 5.17. The Hall–Kier alpha value is -3.00. The smallest absolute Gasteiger partial charge is 0.126 e. The van der Waals surface area contributed by atoms with Gasteiger partial charge in [-0.2, -0.15) is 5.26 Å². The number of nitrogen functional groups attached to an aromatic ring is 1. The number of fused-ring (bicyclic) bond motifs is 1. The minimum absolute atomic E-state index is 0.628. The fourth-order valence-corrected chi connectivity index (χ4v) is 2.28. The van der Waals surface area contributed by atoms with Crippen LogP contribution < -0.4 is 10.6 Å². The van der Waals surface area contributed by atoms with Crippen LogP contribution in [0.25, 0.3) is 11.0 Å². The molecule has 0 amide bonds. The van der Waals surface area contributed by atoms with Gasteiger partial charge in [0.2, 0.25) is 0 Å². The first-order valence-corrected chi connectivity index (χ1v) is 6.61. The molecule has 3 rings (SSSR count). The standard InChI is InChI=1S/C16H15N5/c1-21(13-4-2-3-11(7-13)9-17)10-16-19-14-6-5-12(18)8-15(14)20-16/h2-8H,10,18H2,1H3,(H,19,20). The molecule has 0 aliphatic carbocycles. The first-order chi connectivity index (χ1) is 10.2. The molecule has 5 heteroatoms. The number of nitrogens with two attached hydrogens (primary N) is 1. The minimum atomic E-state index is 0.628. The lowest BCUT2D eigenvalue weighted by molar-refractivity contribution is 0.864. The lowest BCUT2D eigenvalue weighted by atomic mass is 10.2. The van der Waals surface area contributed by atoms with Gasteiger partial charge in [-0.25, -0.2) is 4.98 Å². The van der Waals surface area contributed by atoms with Gasteiger partial charge in [0, 0.05) is 18.4 Å². The lowest BCUT2D eigenvalue weighted by Gasteiger charge is -2.17. The fourth-order valence-electron chi connectivity index (χ4n) is 2.28. The molecular weight excluding hydrogens is 262 g/mol. The van der Waals surface area contributed by atoms with E-state index in [4.69, 9.17) is 11.0 Å². The largest absolute Gasteiger partial charge is 0.399 e. The number of nitriles is 1. The summed E-state index contributed by atoms with van der Waals surface area (Å²) in [5.74, 6) is 0.862. The van der Waals surface area contributed by atoms with E-state index in [-0.39, 0.29) is 0 Å². The molecule has 21 heavy (non-hydrogen) atoms. The number of imidazole rings is 1. The van der Waals surface area contributed by atoms with Crippen LogP contribution in [0.5, 0.6) is 0 Å². The third-order valence-electron chi connectivity index (χ3n) is 3.36. The number of hydrogen-bond donors (Lipinski definition) is 2. The Kier molecular flexibility index (Phi) is 3.20. The highest BCUT2D eigenvalue weighted by Gasteiger charge is 2.07. The van der Waals surface area contributed by atoms with Crippen molar-refractivity contribution in [3.63, 3.8) is 0 Å². The average Bonchev–Trinajstić information content (AvgIpc) is 2.88. The van der Waals surface area contributed by atoms with Gasteiger partial charge in [0.1, 0.15) is 5.82 Å². The van der Waals surface area contributed by atoms with Gasteiger partial charge in [-0.1, -0.05) is 6.07 Å². The van der Waals surface area contributed by atoms with Gasteiger partial charge in [-0.05, 0) is 36.4 Å².